The average Bonchev–Trinajstić information content (AvgIpc) is 3.10. The number of rotatable bonds is 2. The maximum atomic E-state index is 13.6. The van der Waals surface area contributed by atoms with Gasteiger partial charge in [-0.15, -0.1) is 0 Å². The van der Waals surface area contributed by atoms with Crippen molar-refractivity contribution in [2.24, 2.45) is 0 Å². The lowest BCUT2D eigenvalue weighted by Gasteiger charge is -2.35. The fourth-order valence-electron chi connectivity index (χ4n) is 4.09. The van der Waals surface area contributed by atoms with Gasteiger partial charge in [-0.05, 0) is 25.0 Å². The standard InChI is InChI=1S/C18H17F6N5O2/c19-17(20,21)9-1-4-25-10(7-9)29-5-2-8(3-6-29)13-11-12(18(22,23)24)14(30)16(31)26-15(11)28-27-13/h1,4,7-8,12,14,30H,2-3,5-6H2,(H2,26,27,28,31)/t12-,14-/m0/s1. The molecule has 31 heavy (non-hydrogen) atoms. The second-order valence-electron chi connectivity index (χ2n) is 7.51. The Kier molecular flexibility index (Phi) is 5.10. The van der Waals surface area contributed by atoms with Crippen LogP contribution in [0.25, 0.3) is 0 Å². The van der Waals surface area contributed by atoms with Crippen LogP contribution < -0.4 is 10.2 Å². The number of piperidine rings is 1. The van der Waals surface area contributed by atoms with Gasteiger partial charge in [0.05, 0.1) is 5.56 Å². The Morgan fingerprint density at radius 2 is 1.81 bits per heavy atom. The topological polar surface area (TPSA) is 94.1 Å². The van der Waals surface area contributed by atoms with Crippen molar-refractivity contribution >= 4 is 17.5 Å². The van der Waals surface area contributed by atoms with Crippen LogP contribution in [-0.4, -0.2) is 51.6 Å². The molecule has 1 saturated heterocycles. The molecule has 2 aromatic rings. The van der Waals surface area contributed by atoms with E-state index < -0.39 is 41.8 Å². The summed E-state index contributed by atoms with van der Waals surface area (Å²) in [5.41, 5.74) is -0.969. The summed E-state index contributed by atoms with van der Waals surface area (Å²) in [5.74, 6) is -4.14. The molecule has 0 aliphatic carbocycles. The number of aromatic amines is 1. The van der Waals surface area contributed by atoms with Gasteiger partial charge < -0.3 is 15.3 Å². The number of amides is 1. The summed E-state index contributed by atoms with van der Waals surface area (Å²) in [6.07, 6.45) is -9.97. The number of fused-ring (bicyclic) bond motifs is 1. The van der Waals surface area contributed by atoms with Crippen molar-refractivity contribution in [2.75, 3.05) is 23.3 Å². The van der Waals surface area contributed by atoms with Crippen molar-refractivity contribution in [1.29, 1.82) is 0 Å². The van der Waals surface area contributed by atoms with Gasteiger partial charge in [0.1, 0.15) is 17.8 Å². The molecule has 0 aromatic carbocycles. The summed E-state index contributed by atoms with van der Waals surface area (Å²) in [5, 5.41) is 18.4. The van der Waals surface area contributed by atoms with E-state index in [0.717, 1.165) is 18.3 Å². The number of aromatic nitrogens is 3. The van der Waals surface area contributed by atoms with Gasteiger partial charge in [-0.25, -0.2) is 4.98 Å². The molecule has 2 aliphatic heterocycles. The van der Waals surface area contributed by atoms with Crippen molar-refractivity contribution < 1.29 is 36.2 Å². The first kappa shape index (κ1) is 21.4. The minimum absolute atomic E-state index is 0.135. The molecule has 0 bridgehead atoms. The number of carbonyl (C=O) groups excluding carboxylic acids is 1. The zero-order valence-corrected chi connectivity index (χ0v) is 15.8. The molecule has 0 unspecified atom stereocenters. The average molecular weight is 449 g/mol. The number of pyridine rings is 1. The van der Waals surface area contributed by atoms with E-state index >= 15 is 0 Å². The molecular formula is C18H17F6N5O2. The normalized spacial score (nSPS) is 22.9. The molecule has 0 saturated carbocycles. The molecule has 1 amide bonds. The third kappa shape index (κ3) is 3.93. The summed E-state index contributed by atoms with van der Waals surface area (Å²) in [6.45, 7) is 0.525. The van der Waals surface area contributed by atoms with Crippen LogP contribution in [0.3, 0.4) is 0 Å². The molecule has 2 aliphatic rings. The van der Waals surface area contributed by atoms with Crippen molar-refractivity contribution in [3.05, 3.63) is 35.2 Å². The molecule has 4 heterocycles. The van der Waals surface area contributed by atoms with Crippen molar-refractivity contribution in [3.8, 4) is 0 Å². The number of nitrogens with one attached hydrogen (secondary N) is 2. The van der Waals surface area contributed by atoms with E-state index in [-0.39, 0.29) is 36.0 Å². The third-order valence-electron chi connectivity index (χ3n) is 5.62. The number of hydrogen-bond donors (Lipinski definition) is 3. The highest BCUT2D eigenvalue weighted by Gasteiger charge is 2.53. The van der Waals surface area contributed by atoms with E-state index in [0.29, 0.717) is 12.8 Å². The first-order valence-electron chi connectivity index (χ1n) is 9.39. The summed E-state index contributed by atoms with van der Waals surface area (Å²) in [7, 11) is 0. The SMILES string of the molecule is O=C1Nc2n[nH]c(C3CCN(c4cc(C(F)(F)F)ccn4)CC3)c2[C@H](C(F)(F)F)[C@@H]1O. The molecular weight excluding hydrogens is 432 g/mol. The summed E-state index contributed by atoms with van der Waals surface area (Å²) in [4.78, 5) is 17.3. The molecule has 0 radical (unpaired) electrons. The van der Waals surface area contributed by atoms with E-state index in [1.54, 1.807) is 4.90 Å². The molecule has 7 nitrogen and oxygen atoms in total. The summed E-state index contributed by atoms with van der Waals surface area (Å²) >= 11 is 0. The van der Waals surface area contributed by atoms with Gasteiger partial charge in [0.25, 0.3) is 5.91 Å². The molecule has 2 atom stereocenters. The minimum Gasteiger partial charge on any atom is -0.382 e. The number of aliphatic hydroxyl groups excluding tert-OH is 1. The zero-order valence-electron chi connectivity index (χ0n) is 15.8. The van der Waals surface area contributed by atoms with Gasteiger partial charge in [0, 0.05) is 36.5 Å². The molecule has 1 fully saturated rings. The van der Waals surface area contributed by atoms with Crippen LogP contribution in [0, 0.1) is 0 Å². The lowest BCUT2D eigenvalue weighted by atomic mass is 9.83. The summed E-state index contributed by atoms with van der Waals surface area (Å²) in [6, 6.07) is 1.80. The van der Waals surface area contributed by atoms with E-state index in [4.69, 9.17) is 0 Å². The number of halogens is 6. The van der Waals surface area contributed by atoms with E-state index in [1.165, 1.54) is 0 Å². The van der Waals surface area contributed by atoms with Crippen LogP contribution in [0.15, 0.2) is 18.3 Å². The van der Waals surface area contributed by atoms with Crippen LogP contribution in [-0.2, 0) is 11.0 Å². The Bertz CT molecular complexity index is 981. The predicted molar refractivity (Wildman–Crippen MR) is 95.4 cm³/mol. The number of H-pyrrole nitrogens is 1. The second kappa shape index (κ2) is 7.39. The highest BCUT2D eigenvalue weighted by Crippen LogP contribution is 2.47. The number of carbonyl (C=O) groups is 1. The molecule has 2 aromatic heterocycles. The Labute approximate surface area is 171 Å². The van der Waals surface area contributed by atoms with Crippen LogP contribution in [0.2, 0.25) is 0 Å². The Morgan fingerprint density at radius 1 is 1.13 bits per heavy atom. The first-order chi connectivity index (χ1) is 14.5. The smallest absolute Gasteiger partial charge is 0.382 e. The number of anilines is 2. The number of alkyl halides is 6. The second-order valence-corrected chi connectivity index (χ2v) is 7.51. The van der Waals surface area contributed by atoms with E-state index in [2.05, 4.69) is 20.5 Å². The monoisotopic (exact) mass is 449 g/mol. The van der Waals surface area contributed by atoms with Gasteiger partial charge in [0.15, 0.2) is 5.82 Å². The van der Waals surface area contributed by atoms with Gasteiger partial charge >= 0.3 is 12.4 Å². The number of aliphatic hydroxyl groups is 1. The number of hydrogen-bond acceptors (Lipinski definition) is 5. The van der Waals surface area contributed by atoms with Crippen LogP contribution in [0.5, 0.6) is 0 Å². The van der Waals surface area contributed by atoms with Crippen molar-refractivity contribution in [3.63, 3.8) is 0 Å². The van der Waals surface area contributed by atoms with Crippen LogP contribution >= 0.6 is 0 Å². The Morgan fingerprint density at radius 3 is 2.42 bits per heavy atom. The molecule has 13 heteroatoms. The highest BCUT2D eigenvalue weighted by atomic mass is 19.4. The first-order valence-corrected chi connectivity index (χ1v) is 9.39. The highest BCUT2D eigenvalue weighted by molar-refractivity contribution is 5.97. The fraction of sp³-hybridized carbons (Fsp3) is 0.500. The van der Waals surface area contributed by atoms with Crippen LogP contribution in [0.1, 0.15) is 41.5 Å². The molecule has 3 N–H and O–H groups in total. The van der Waals surface area contributed by atoms with Gasteiger partial charge in [-0.2, -0.15) is 31.4 Å². The molecule has 0 spiro atoms. The van der Waals surface area contributed by atoms with Gasteiger partial charge in [0.2, 0.25) is 0 Å². The van der Waals surface area contributed by atoms with E-state index in [1.807, 2.05) is 0 Å². The third-order valence-corrected chi connectivity index (χ3v) is 5.62. The van der Waals surface area contributed by atoms with Crippen molar-refractivity contribution in [1.82, 2.24) is 15.2 Å². The zero-order chi connectivity index (χ0) is 22.6. The quantitative estimate of drug-likeness (QED) is 0.613. The van der Waals surface area contributed by atoms with E-state index in [9.17, 15) is 36.2 Å². The van der Waals surface area contributed by atoms with Crippen molar-refractivity contribution in [2.45, 2.75) is 43.1 Å². The molecule has 168 valence electrons. The minimum atomic E-state index is -4.87. The van der Waals surface area contributed by atoms with Crippen LogP contribution in [0.4, 0.5) is 38.0 Å². The Balaban J connectivity index is 1.55. The fourth-order valence-corrected chi connectivity index (χ4v) is 4.09. The molecule has 4 rings (SSSR count). The van der Waals surface area contributed by atoms with Gasteiger partial charge in [-0.1, -0.05) is 0 Å². The van der Waals surface area contributed by atoms with Gasteiger partial charge in [-0.3, -0.25) is 9.89 Å². The predicted octanol–water partition coefficient (Wildman–Crippen LogP) is 3.17. The number of nitrogens with zero attached hydrogens (tertiary/aromatic N) is 3. The Hall–Kier alpha value is -2.83. The maximum absolute atomic E-state index is 13.6. The summed E-state index contributed by atoms with van der Waals surface area (Å²) < 4.78 is 79.6. The lowest BCUT2D eigenvalue weighted by Crippen LogP contribution is -2.44. The lowest BCUT2D eigenvalue weighted by molar-refractivity contribution is -0.177. The largest absolute Gasteiger partial charge is 0.416 e. The maximum Gasteiger partial charge on any atom is 0.416 e.